The number of rotatable bonds is 41. The minimum absolute atomic E-state index is 0.00438. The number of likely N-dealkylation sites (N-methyl/N-ethyl adjacent to an activating group) is 1. The highest BCUT2D eigenvalue weighted by atomic mass is 31.2. The number of ether oxygens (including phenoxy) is 2. The molecule has 0 saturated heterocycles. The first-order chi connectivity index (χ1) is 29.6. The van der Waals surface area contributed by atoms with Crippen LogP contribution in [0.3, 0.4) is 0 Å². The van der Waals surface area contributed by atoms with E-state index >= 15 is 0 Å². The Kier molecular flexibility index (Phi) is 41.3. The predicted octanol–water partition coefficient (Wildman–Crippen LogP) is 13.5. The molecule has 9 heteroatoms. The predicted molar refractivity (Wildman–Crippen MR) is 258 cm³/mol. The van der Waals surface area contributed by atoms with Crippen molar-refractivity contribution in [3.8, 4) is 0 Å². The van der Waals surface area contributed by atoms with Gasteiger partial charge in [0.2, 0.25) is 0 Å². The van der Waals surface area contributed by atoms with E-state index in [0.717, 1.165) is 96.3 Å². The minimum atomic E-state index is -4.56. The number of allylic oxidation sites excluding steroid dienone is 20. The lowest BCUT2D eigenvalue weighted by atomic mass is 10.1. The van der Waals surface area contributed by atoms with Crippen LogP contribution in [-0.2, 0) is 27.9 Å². The maximum Gasteiger partial charge on any atom is 0.306 e. The van der Waals surface area contributed by atoms with E-state index < -0.39 is 19.9 Å². The van der Waals surface area contributed by atoms with Crippen LogP contribution in [0.15, 0.2) is 122 Å². The SMILES string of the molecule is CC/C=C\C/C=C\C/C=C\C/C=C\C/C=C\CCCCCCCCOCC(COP(=O)([O-])OCC[N+](C)(C)C)OC(=O)CCC/C=C\C/C=C\C/C=C\C/C=C\C/C=C\CC. The van der Waals surface area contributed by atoms with Gasteiger partial charge in [-0.1, -0.05) is 161 Å². The third-order valence-electron chi connectivity index (χ3n) is 9.01. The molecule has 0 spiro atoms. The lowest BCUT2D eigenvalue weighted by molar-refractivity contribution is -0.870. The van der Waals surface area contributed by atoms with Crippen molar-refractivity contribution in [2.75, 3.05) is 54.1 Å². The Morgan fingerprint density at radius 2 is 0.902 bits per heavy atom. The summed E-state index contributed by atoms with van der Waals surface area (Å²) in [5, 5.41) is 0. The zero-order valence-electron chi connectivity index (χ0n) is 39.1. The van der Waals surface area contributed by atoms with Crippen molar-refractivity contribution in [1.82, 2.24) is 0 Å². The van der Waals surface area contributed by atoms with Gasteiger partial charge < -0.3 is 27.9 Å². The van der Waals surface area contributed by atoms with Gasteiger partial charge in [-0.3, -0.25) is 9.36 Å². The number of unbranched alkanes of at least 4 members (excludes halogenated alkanes) is 7. The maximum absolute atomic E-state index is 12.7. The number of carbonyl (C=O) groups is 1. The first-order valence-corrected chi connectivity index (χ1v) is 24.7. The number of quaternary nitrogens is 1. The molecule has 0 aliphatic rings. The molecular formula is C52H86NO7P. The lowest BCUT2D eigenvalue weighted by Crippen LogP contribution is -2.37. The van der Waals surface area contributed by atoms with E-state index in [-0.39, 0.29) is 26.2 Å². The van der Waals surface area contributed by atoms with E-state index in [2.05, 4.69) is 135 Å². The molecule has 0 radical (unpaired) electrons. The van der Waals surface area contributed by atoms with E-state index in [0.29, 0.717) is 24.1 Å². The number of esters is 1. The molecule has 0 aliphatic carbocycles. The zero-order chi connectivity index (χ0) is 44.8. The molecule has 2 unspecified atom stereocenters. The summed E-state index contributed by atoms with van der Waals surface area (Å²) >= 11 is 0. The summed E-state index contributed by atoms with van der Waals surface area (Å²) in [4.78, 5) is 25.1. The molecule has 0 fully saturated rings. The summed E-state index contributed by atoms with van der Waals surface area (Å²) in [6, 6.07) is 0. The second kappa shape index (κ2) is 43.5. The summed E-state index contributed by atoms with van der Waals surface area (Å²) in [6.45, 7) is 5.03. The van der Waals surface area contributed by atoms with Gasteiger partial charge >= 0.3 is 5.97 Å². The number of phosphoric ester groups is 1. The van der Waals surface area contributed by atoms with E-state index in [9.17, 15) is 14.3 Å². The lowest BCUT2D eigenvalue weighted by Gasteiger charge is -2.28. The molecule has 0 amide bonds. The van der Waals surface area contributed by atoms with Crippen LogP contribution >= 0.6 is 7.82 Å². The van der Waals surface area contributed by atoms with Crippen LogP contribution in [0.1, 0.15) is 142 Å². The first kappa shape index (κ1) is 57.9. The molecule has 346 valence electrons. The van der Waals surface area contributed by atoms with Crippen LogP contribution in [0.2, 0.25) is 0 Å². The second-order valence-electron chi connectivity index (χ2n) is 16.0. The minimum Gasteiger partial charge on any atom is -0.756 e. The van der Waals surface area contributed by atoms with Crippen molar-refractivity contribution < 1.29 is 37.3 Å². The fraction of sp³-hybridized carbons (Fsp3) is 0.596. The smallest absolute Gasteiger partial charge is 0.306 e. The monoisotopic (exact) mass is 868 g/mol. The fourth-order valence-electron chi connectivity index (χ4n) is 5.49. The normalized spacial score (nSPS) is 14.8. The fourth-order valence-corrected chi connectivity index (χ4v) is 6.22. The molecule has 0 aliphatic heterocycles. The number of phosphoric acid groups is 1. The van der Waals surface area contributed by atoms with Crippen LogP contribution in [-0.4, -0.2) is 70.7 Å². The molecule has 0 aromatic rings. The molecule has 0 N–H and O–H groups in total. The van der Waals surface area contributed by atoms with Crippen LogP contribution in [0.25, 0.3) is 0 Å². The Morgan fingerprint density at radius 1 is 0.508 bits per heavy atom. The van der Waals surface area contributed by atoms with Crippen molar-refractivity contribution in [3.05, 3.63) is 122 Å². The highest BCUT2D eigenvalue weighted by molar-refractivity contribution is 7.45. The Balaban J connectivity index is 4.35. The van der Waals surface area contributed by atoms with Gasteiger partial charge in [-0.05, 0) is 96.3 Å². The molecule has 8 nitrogen and oxygen atoms in total. The number of nitrogens with zero attached hydrogens (tertiary/aromatic N) is 1. The van der Waals surface area contributed by atoms with Crippen LogP contribution < -0.4 is 4.89 Å². The third-order valence-corrected chi connectivity index (χ3v) is 9.97. The van der Waals surface area contributed by atoms with Gasteiger partial charge in [-0.25, -0.2) is 0 Å². The number of hydrogen-bond acceptors (Lipinski definition) is 7. The standard InChI is InChI=1S/C52H86NO7P/c1-6-8-10-12-14-16-18-20-22-24-25-26-27-28-30-32-34-36-38-40-42-44-47-57-49-51(50-59-61(55,56)58-48-46-53(3,4)5)60-52(54)45-43-41-39-37-35-33-31-29-23-21-19-17-15-13-11-9-7-2/h8-11,14-17,20-23,25-26,28,30-31,33,37,39,51H,6-7,12-13,18-19,24,27,29,32,34-36,38,40-50H2,1-5H3/b10-8-,11-9-,16-14-,17-15-,22-20-,23-21-,26-25-,30-28-,33-31-,39-37-. The molecule has 0 aromatic heterocycles. The van der Waals surface area contributed by atoms with Crippen molar-refractivity contribution >= 4 is 13.8 Å². The van der Waals surface area contributed by atoms with E-state index in [1.807, 2.05) is 21.1 Å². The summed E-state index contributed by atoms with van der Waals surface area (Å²) < 4.78 is 34.6. The quantitative estimate of drug-likeness (QED) is 0.0199. The molecular weight excluding hydrogens is 782 g/mol. The average Bonchev–Trinajstić information content (AvgIpc) is 3.22. The Morgan fingerprint density at radius 3 is 1.34 bits per heavy atom. The zero-order valence-corrected chi connectivity index (χ0v) is 39.9. The van der Waals surface area contributed by atoms with Crippen molar-refractivity contribution in [2.24, 2.45) is 0 Å². The molecule has 0 heterocycles. The van der Waals surface area contributed by atoms with Gasteiger partial charge in [-0.2, -0.15) is 0 Å². The van der Waals surface area contributed by atoms with Crippen LogP contribution in [0.4, 0.5) is 0 Å². The van der Waals surface area contributed by atoms with E-state index in [1.165, 1.54) is 19.3 Å². The molecule has 0 saturated carbocycles. The molecule has 61 heavy (non-hydrogen) atoms. The van der Waals surface area contributed by atoms with Gasteiger partial charge in [0.15, 0.2) is 0 Å². The highest BCUT2D eigenvalue weighted by Gasteiger charge is 2.20. The van der Waals surface area contributed by atoms with Crippen LogP contribution in [0.5, 0.6) is 0 Å². The van der Waals surface area contributed by atoms with Crippen molar-refractivity contribution in [3.63, 3.8) is 0 Å². The Bertz CT molecular complexity index is 1380. The van der Waals surface area contributed by atoms with E-state index in [1.54, 1.807) is 0 Å². The summed E-state index contributed by atoms with van der Waals surface area (Å²) in [7, 11) is 1.28. The number of hydrogen-bond donors (Lipinski definition) is 0. The van der Waals surface area contributed by atoms with Gasteiger partial charge in [0.25, 0.3) is 7.82 Å². The Labute approximate surface area is 373 Å². The molecule has 0 aromatic carbocycles. The summed E-state index contributed by atoms with van der Waals surface area (Å²) in [5.74, 6) is -0.402. The largest absolute Gasteiger partial charge is 0.756 e. The second-order valence-corrected chi connectivity index (χ2v) is 17.4. The highest BCUT2D eigenvalue weighted by Crippen LogP contribution is 2.38. The third kappa shape index (κ3) is 47.8. The molecule has 0 bridgehead atoms. The van der Waals surface area contributed by atoms with Crippen molar-refractivity contribution in [2.45, 2.75) is 148 Å². The Hall–Kier alpha value is -3.10. The van der Waals surface area contributed by atoms with E-state index in [4.69, 9.17) is 18.5 Å². The summed E-state index contributed by atoms with van der Waals surface area (Å²) in [6.07, 6.45) is 62.3. The topological polar surface area (TPSA) is 94.1 Å². The van der Waals surface area contributed by atoms with Gasteiger partial charge in [-0.15, -0.1) is 0 Å². The van der Waals surface area contributed by atoms with Crippen molar-refractivity contribution in [1.29, 1.82) is 0 Å². The molecule has 2 atom stereocenters. The van der Waals surface area contributed by atoms with Gasteiger partial charge in [0.1, 0.15) is 19.3 Å². The number of carbonyl (C=O) groups excluding carboxylic acids is 1. The average molecular weight is 868 g/mol. The van der Waals surface area contributed by atoms with Gasteiger partial charge in [0.05, 0.1) is 34.4 Å². The first-order valence-electron chi connectivity index (χ1n) is 23.3. The summed E-state index contributed by atoms with van der Waals surface area (Å²) in [5.41, 5.74) is 0. The van der Waals surface area contributed by atoms with Crippen LogP contribution in [0, 0.1) is 0 Å². The van der Waals surface area contributed by atoms with Gasteiger partial charge in [0, 0.05) is 13.0 Å². The maximum atomic E-state index is 12.7. The molecule has 0 rings (SSSR count).